The number of urea groups is 1. The molecule has 0 radical (unpaired) electrons. The molecule has 1 heterocycles. The lowest BCUT2D eigenvalue weighted by Crippen LogP contribution is -2.39. The Balaban J connectivity index is 1.87. The maximum atomic E-state index is 12.0. The normalized spacial score (nSPS) is 14.9. The quantitative estimate of drug-likeness (QED) is 0.870. The molecule has 2 rings (SSSR count). The summed E-state index contributed by atoms with van der Waals surface area (Å²) < 4.78 is 0. The molecule has 0 aliphatic carbocycles. The molecule has 1 aromatic carbocycles. The van der Waals surface area contributed by atoms with E-state index < -0.39 is 11.9 Å². The number of hydrogen-bond donors (Lipinski definition) is 2. The van der Waals surface area contributed by atoms with Crippen LogP contribution in [0.2, 0.25) is 0 Å². The standard InChI is InChI=1S/C14H18N2O3/c1-10(13(17)18)6-8-15-14(19)16-9-7-11-4-2-3-5-12(11)16/h2-5,10H,6-9H2,1H3,(H,15,19)(H,17,18). The third kappa shape index (κ3) is 3.05. The average Bonchev–Trinajstić information content (AvgIpc) is 2.82. The molecular weight excluding hydrogens is 244 g/mol. The number of carbonyl (C=O) groups excluding carboxylic acids is 1. The van der Waals surface area contributed by atoms with Crippen LogP contribution in [0.15, 0.2) is 24.3 Å². The van der Waals surface area contributed by atoms with Crippen LogP contribution >= 0.6 is 0 Å². The monoisotopic (exact) mass is 262 g/mol. The fraction of sp³-hybridized carbons (Fsp3) is 0.429. The van der Waals surface area contributed by atoms with Gasteiger partial charge in [0.1, 0.15) is 0 Å². The van der Waals surface area contributed by atoms with Crippen molar-refractivity contribution >= 4 is 17.7 Å². The molecule has 1 unspecified atom stereocenters. The largest absolute Gasteiger partial charge is 0.481 e. The Hall–Kier alpha value is -2.04. The lowest BCUT2D eigenvalue weighted by atomic mass is 10.1. The van der Waals surface area contributed by atoms with Crippen molar-refractivity contribution < 1.29 is 14.7 Å². The molecule has 2 amide bonds. The highest BCUT2D eigenvalue weighted by Gasteiger charge is 2.23. The molecule has 1 aliphatic heterocycles. The van der Waals surface area contributed by atoms with Crippen LogP contribution in [-0.4, -0.2) is 30.2 Å². The minimum absolute atomic E-state index is 0.150. The molecule has 0 fully saturated rings. The van der Waals surface area contributed by atoms with Gasteiger partial charge >= 0.3 is 12.0 Å². The van der Waals surface area contributed by atoms with Gasteiger partial charge in [-0.25, -0.2) is 4.79 Å². The van der Waals surface area contributed by atoms with Gasteiger partial charge in [0.05, 0.1) is 5.92 Å². The third-order valence-electron chi connectivity index (χ3n) is 3.41. The van der Waals surface area contributed by atoms with Crippen LogP contribution in [-0.2, 0) is 11.2 Å². The number of aliphatic carboxylic acids is 1. The Morgan fingerprint density at radius 2 is 2.16 bits per heavy atom. The summed E-state index contributed by atoms with van der Waals surface area (Å²) in [6, 6.07) is 7.69. The molecule has 0 spiro atoms. The summed E-state index contributed by atoms with van der Waals surface area (Å²) in [5.41, 5.74) is 2.13. The van der Waals surface area contributed by atoms with Crippen molar-refractivity contribution in [3.8, 4) is 0 Å². The molecule has 1 atom stereocenters. The molecule has 0 saturated carbocycles. The molecule has 1 aliphatic rings. The minimum Gasteiger partial charge on any atom is -0.481 e. The zero-order valence-electron chi connectivity index (χ0n) is 10.9. The molecule has 0 saturated heterocycles. The van der Waals surface area contributed by atoms with Crippen LogP contribution in [0.5, 0.6) is 0 Å². The lowest BCUT2D eigenvalue weighted by molar-refractivity contribution is -0.141. The number of fused-ring (bicyclic) bond motifs is 1. The molecule has 2 N–H and O–H groups in total. The van der Waals surface area contributed by atoms with Crippen LogP contribution in [0.1, 0.15) is 18.9 Å². The van der Waals surface area contributed by atoms with Crippen molar-refractivity contribution in [3.05, 3.63) is 29.8 Å². The molecule has 19 heavy (non-hydrogen) atoms. The summed E-state index contributed by atoms with van der Waals surface area (Å²) in [5, 5.41) is 11.5. The van der Waals surface area contributed by atoms with Crippen LogP contribution in [0, 0.1) is 5.92 Å². The number of para-hydroxylation sites is 1. The number of nitrogens with zero attached hydrogens (tertiary/aromatic N) is 1. The van der Waals surface area contributed by atoms with E-state index in [-0.39, 0.29) is 6.03 Å². The van der Waals surface area contributed by atoms with Crippen LogP contribution in [0.4, 0.5) is 10.5 Å². The molecule has 102 valence electrons. The molecule has 5 heteroatoms. The SMILES string of the molecule is CC(CCNC(=O)N1CCc2ccccc21)C(=O)O. The molecular formula is C14H18N2O3. The third-order valence-corrected chi connectivity index (χ3v) is 3.41. The van der Waals surface area contributed by atoms with Crippen LogP contribution in [0.25, 0.3) is 0 Å². The van der Waals surface area contributed by atoms with E-state index in [0.717, 1.165) is 12.1 Å². The van der Waals surface area contributed by atoms with Gasteiger partial charge in [0.25, 0.3) is 0 Å². The number of carboxylic acid groups (broad SMARTS) is 1. The van der Waals surface area contributed by atoms with E-state index in [0.29, 0.717) is 19.5 Å². The molecule has 1 aromatic rings. The lowest BCUT2D eigenvalue weighted by Gasteiger charge is -2.18. The number of carbonyl (C=O) groups is 2. The van der Waals surface area contributed by atoms with E-state index in [1.165, 1.54) is 5.56 Å². The fourth-order valence-corrected chi connectivity index (χ4v) is 2.16. The molecule has 0 aromatic heterocycles. The molecule has 5 nitrogen and oxygen atoms in total. The van der Waals surface area contributed by atoms with E-state index in [2.05, 4.69) is 5.32 Å². The molecule has 0 bridgehead atoms. The van der Waals surface area contributed by atoms with E-state index in [9.17, 15) is 9.59 Å². The van der Waals surface area contributed by atoms with Gasteiger partial charge < -0.3 is 10.4 Å². The first kappa shape index (κ1) is 13.4. The van der Waals surface area contributed by atoms with Gasteiger partial charge in [0.2, 0.25) is 0 Å². The van der Waals surface area contributed by atoms with E-state index in [4.69, 9.17) is 5.11 Å². The predicted molar refractivity (Wildman–Crippen MR) is 72.3 cm³/mol. The van der Waals surface area contributed by atoms with Crippen molar-refractivity contribution in [3.63, 3.8) is 0 Å². The second-order valence-corrected chi connectivity index (χ2v) is 4.79. The highest BCUT2D eigenvalue weighted by Crippen LogP contribution is 2.27. The first-order valence-corrected chi connectivity index (χ1v) is 6.45. The fourth-order valence-electron chi connectivity index (χ4n) is 2.16. The van der Waals surface area contributed by atoms with Crippen molar-refractivity contribution in [2.45, 2.75) is 19.8 Å². The number of nitrogens with one attached hydrogen (secondary N) is 1. The van der Waals surface area contributed by atoms with E-state index >= 15 is 0 Å². The van der Waals surface area contributed by atoms with E-state index in [1.807, 2.05) is 24.3 Å². The summed E-state index contributed by atoms with van der Waals surface area (Å²) in [5.74, 6) is -1.27. The number of benzene rings is 1. The first-order valence-electron chi connectivity index (χ1n) is 6.45. The van der Waals surface area contributed by atoms with Gasteiger partial charge in [0.15, 0.2) is 0 Å². The van der Waals surface area contributed by atoms with Gasteiger partial charge in [-0.2, -0.15) is 0 Å². The Bertz CT molecular complexity index is 487. The number of anilines is 1. The van der Waals surface area contributed by atoms with E-state index in [1.54, 1.807) is 11.8 Å². The maximum absolute atomic E-state index is 12.0. The van der Waals surface area contributed by atoms with Crippen molar-refractivity contribution in [1.29, 1.82) is 0 Å². The Morgan fingerprint density at radius 1 is 1.42 bits per heavy atom. The topological polar surface area (TPSA) is 69.6 Å². The van der Waals surface area contributed by atoms with Crippen molar-refractivity contribution in [2.75, 3.05) is 18.0 Å². The summed E-state index contributed by atoms with van der Waals surface area (Å²) in [7, 11) is 0. The Labute approximate surface area is 112 Å². The van der Waals surface area contributed by atoms with Gasteiger partial charge in [-0.15, -0.1) is 0 Å². The highest BCUT2D eigenvalue weighted by atomic mass is 16.4. The Morgan fingerprint density at radius 3 is 2.89 bits per heavy atom. The summed E-state index contributed by atoms with van der Waals surface area (Å²) in [4.78, 5) is 24.4. The number of carboxylic acids is 1. The summed E-state index contributed by atoms with van der Waals surface area (Å²) in [6.07, 6.45) is 1.31. The van der Waals surface area contributed by atoms with Crippen LogP contribution < -0.4 is 10.2 Å². The summed E-state index contributed by atoms with van der Waals surface area (Å²) in [6.45, 7) is 2.70. The Kier molecular flexibility index (Phi) is 4.04. The summed E-state index contributed by atoms with van der Waals surface area (Å²) >= 11 is 0. The predicted octanol–water partition coefficient (Wildman–Crippen LogP) is 1.87. The number of amides is 2. The van der Waals surface area contributed by atoms with Crippen molar-refractivity contribution in [1.82, 2.24) is 5.32 Å². The van der Waals surface area contributed by atoms with Gasteiger partial charge in [-0.05, 0) is 24.5 Å². The zero-order valence-corrected chi connectivity index (χ0v) is 10.9. The average molecular weight is 262 g/mol. The van der Waals surface area contributed by atoms with Crippen molar-refractivity contribution in [2.24, 2.45) is 5.92 Å². The van der Waals surface area contributed by atoms with Gasteiger partial charge in [-0.1, -0.05) is 25.1 Å². The number of hydrogen-bond acceptors (Lipinski definition) is 2. The van der Waals surface area contributed by atoms with Gasteiger partial charge in [0, 0.05) is 18.8 Å². The smallest absolute Gasteiger partial charge is 0.321 e. The second kappa shape index (κ2) is 5.73. The maximum Gasteiger partial charge on any atom is 0.321 e. The highest BCUT2D eigenvalue weighted by molar-refractivity contribution is 5.94. The number of rotatable bonds is 4. The van der Waals surface area contributed by atoms with Gasteiger partial charge in [-0.3, -0.25) is 9.69 Å². The zero-order chi connectivity index (χ0) is 13.8. The minimum atomic E-state index is -0.833. The second-order valence-electron chi connectivity index (χ2n) is 4.79. The van der Waals surface area contributed by atoms with Crippen LogP contribution in [0.3, 0.4) is 0 Å². The first-order chi connectivity index (χ1) is 9.09.